The number of nitro groups is 1. The fourth-order valence-corrected chi connectivity index (χ4v) is 2.80. The fraction of sp³-hybridized carbons (Fsp3) is 0.0667. The first-order valence-corrected chi connectivity index (χ1v) is 7.23. The molecule has 5 heteroatoms. The number of halogens is 1. The molecule has 3 aromatic rings. The first kappa shape index (κ1) is 12.9. The lowest BCUT2D eigenvalue weighted by atomic mass is 10.0. The molecule has 0 saturated carbocycles. The molecular weight excluding hydrogens is 320 g/mol. The molecule has 1 heterocycles. The zero-order chi connectivity index (χ0) is 14.1. The third-order valence-electron chi connectivity index (χ3n) is 3.27. The second kappa shape index (κ2) is 5.09. The summed E-state index contributed by atoms with van der Waals surface area (Å²) >= 11 is 3.47. The van der Waals surface area contributed by atoms with Crippen LogP contribution < -0.4 is 0 Å². The predicted molar refractivity (Wildman–Crippen MR) is 83.0 cm³/mol. The molecule has 2 aromatic carbocycles. The minimum Gasteiger partial charge on any atom is -0.357 e. The zero-order valence-corrected chi connectivity index (χ0v) is 12.1. The Morgan fingerprint density at radius 3 is 2.55 bits per heavy atom. The van der Waals surface area contributed by atoms with Crippen LogP contribution in [0.3, 0.4) is 0 Å². The Hall–Kier alpha value is -2.14. The van der Waals surface area contributed by atoms with E-state index < -0.39 is 0 Å². The first-order chi connectivity index (χ1) is 9.70. The van der Waals surface area contributed by atoms with Crippen molar-refractivity contribution in [3.8, 4) is 11.1 Å². The van der Waals surface area contributed by atoms with Gasteiger partial charge in [-0.05, 0) is 11.6 Å². The number of benzene rings is 2. The quantitative estimate of drug-likeness (QED) is 0.432. The number of nitrogens with one attached hydrogen (secondary N) is 1. The third-order valence-corrected chi connectivity index (χ3v) is 3.83. The lowest BCUT2D eigenvalue weighted by molar-refractivity contribution is -0.384. The van der Waals surface area contributed by atoms with E-state index in [4.69, 9.17) is 0 Å². The Kier molecular flexibility index (Phi) is 3.28. The Balaban J connectivity index is 2.32. The van der Waals surface area contributed by atoms with Crippen LogP contribution >= 0.6 is 15.9 Å². The van der Waals surface area contributed by atoms with E-state index in [1.54, 1.807) is 12.1 Å². The second-order valence-electron chi connectivity index (χ2n) is 4.47. The largest absolute Gasteiger partial charge is 0.357 e. The average molecular weight is 331 g/mol. The number of fused-ring (bicyclic) bond motifs is 1. The summed E-state index contributed by atoms with van der Waals surface area (Å²) in [7, 11) is 0. The van der Waals surface area contributed by atoms with Crippen LogP contribution in [0.25, 0.3) is 22.0 Å². The molecule has 0 fully saturated rings. The zero-order valence-electron chi connectivity index (χ0n) is 10.5. The number of rotatable bonds is 3. The maximum absolute atomic E-state index is 11.0. The van der Waals surface area contributed by atoms with Crippen molar-refractivity contribution < 1.29 is 4.92 Å². The third kappa shape index (κ3) is 2.10. The molecule has 0 unspecified atom stereocenters. The summed E-state index contributed by atoms with van der Waals surface area (Å²) in [6.45, 7) is 0. The Labute approximate surface area is 123 Å². The fourth-order valence-electron chi connectivity index (χ4n) is 2.38. The van der Waals surface area contributed by atoms with Crippen LogP contribution in [0.4, 0.5) is 5.69 Å². The number of aromatic nitrogens is 1. The summed E-state index contributed by atoms with van der Waals surface area (Å²) < 4.78 is 0. The minimum absolute atomic E-state index is 0.106. The van der Waals surface area contributed by atoms with Crippen LogP contribution in [0, 0.1) is 10.1 Å². The molecule has 0 saturated heterocycles. The van der Waals surface area contributed by atoms with Crippen LogP contribution in [0.5, 0.6) is 0 Å². The first-order valence-electron chi connectivity index (χ1n) is 6.11. The van der Waals surface area contributed by atoms with Gasteiger partial charge in [0.05, 0.1) is 4.92 Å². The predicted octanol–water partition coefficient (Wildman–Crippen LogP) is 4.64. The lowest BCUT2D eigenvalue weighted by Crippen LogP contribution is -1.87. The van der Waals surface area contributed by atoms with Gasteiger partial charge in [0.25, 0.3) is 5.69 Å². The molecule has 1 N–H and O–H groups in total. The number of hydrogen-bond donors (Lipinski definition) is 1. The summed E-state index contributed by atoms with van der Waals surface area (Å²) in [4.78, 5) is 13.9. The number of nitrogens with zero attached hydrogens (tertiary/aromatic N) is 1. The maximum Gasteiger partial charge on any atom is 0.270 e. The summed E-state index contributed by atoms with van der Waals surface area (Å²) in [5.41, 5.74) is 4.10. The molecule has 3 rings (SSSR count). The minimum atomic E-state index is -0.366. The van der Waals surface area contributed by atoms with Gasteiger partial charge in [0, 0.05) is 39.6 Å². The number of aromatic amines is 1. The van der Waals surface area contributed by atoms with Crippen LogP contribution in [0.1, 0.15) is 5.69 Å². The number of hydrogen-bond acceptors (Lipinski definition) is 2. The SMILES string of the molecule is O=[N+]([O-])c1ccc2[nH]c(CBr)c(-c3ccccc3)c2c1. The molecule has 4 nitrogen and oxygen atoms in total. The lowest BCUT2D eigenvalue weighted by Gasteiger charge is -2.02. The number of nitro benzene ring substituents is 1. The highest BCUT2D eigenvalue weighted by molar-refractivity contribution is 9.08. The van der Waals surface area contributed by atoms with E-state index in [1.165, 1.54) is 6.07 Å². The summed E-state index contributed by atoms with van der Waals surface area (Å²) in [6, 6.07) is 14.8. The van der Waals surface area contributed by atoms with Gasteiger partial charge >= 0.3 is 0 Å². The topological polar surface area (TPSA) is 58.9 Å². The van der Waals surface area contributed by atoms with Crippen molar-refractivity contribution >= 4 is 32.5 Å². The normalized spacial score (nSPS) is 10.8. The highest BCUT2D eigenvalue weighted by Gasteiger charge is 2.15. The molecule has 0 aliphatic rings. The molecule has 0 aliphatic carbocycles. The maximum atomic E-state index is 11.0. The summed E-state index contributed by atoms with van der Waals surface area (Å²) in [5.74, 6) is 0. The summed E-state index contributed by atoms with van der Waals surface area (Å²) in [6.07, 6.45) is 0. The molecule has 1 aromatic heterocycles. The molecule has 0 aliphatic heterocycles. The standard InChI is InChI=1S/C15H11BrN2O2/c16-9-14-15(10-4-2-1-3-5-10)12-8-11(18(19)20)6-7-13(12)17-14/h1-8,17H,9H2. The average Bonchev–Trinajstić information content (AvgIpc) is 2.85. The molecule has 0 radical (unpaired) electrons. The second-order valence-corrected chi connectivity index (χ2v) is 5.03. The monoisotopic (exact) mass is 330 g/mol. The molecule has 0 amide bonds. The van der Waals surface area contributed by atoms with Gasteiger partial charge in [-0.15, -0.1) is 0 Å². The van der Waals surface area contributed by atoms with Gasteiger partial charge in [0.15, 0.2) is 0 Å². The molecule has 0 spiro atoms. The Bertz CT molecular complexity index is 781. The molecular formula is C15H11BrN2O2. The van der Waals surface area contributed by atoms with E-state index in [1.807, 2.05) is 30.3 Å². The number of alkyl halides is 1. The van der Waals surface area contributed by atoms with Crippen molar-refractivity contribution in [1.82, 2.24) is 4.98 Å². The van der Waals surface area contributed by atoms with Crippen molar-refractivity contribution in [2.24, 2.45) is 0 Å². The van der Waals surface area contributed by atoms with Crippen molar-refractivity contribution in [1.29, 1.82) is 0 Å². The van der Waals surface area contributed by atoms with Crippen molar-refractivity contribution in [3.63, 3.8) is 0 Å². The van der Waals surface area contributed by atoms with E-state index in [0.717, 1.165) is 27.7 Å². The molecule has 0 atom stereocenters. The van der Waals surface area contributed by atoms with Gasteiger partial charge in [-0.2, -0.15) is 0 Å². The van der Waals surface area contributed by atoms with Crippen molar-refractivity contribution in [3.05, 3.63) is 64.3 Å². The van der Waals surface area contributed by atoms with E-state index in [9.17, 15) is 10.1 Å². The molecule has 0 bridgehead atoms. The number of non-ortho nitro benzene ring substituents is 1. The van der Waals surface area contributed by atoms with Gasteiger partial charge in [0.1, 0.15) is 0 Å². The van der Waals surface area contributed by atoms with Crippen LogP contribution in [-0.4, -0.2) is 9.91 Å². The Morgan fingerprint density at radius 2 is 1.90 bits per heavy atom. The van der Waals surface area contributed by atoms with E-state index in [-0.39, 0.29) is 10.6 Å². The Morgan fingerprint density at radius 1 is 1.15 bits per heavy atom. The van der Waals surface area contributed by atoms with Crippen LogP contribution in [0.15, 0.2) is 48.5 Å². The van der Waals surface area contributed by atoms with E-state index in [2.05, 4.69) is 20.9 Å². The van der Waals surface area contributed by atoms with Crippen LogP contribution in [0.2, 0.25) is 0 Å². The highest BCUT2D eigenvalue weighted by atomic mass is 79.9. The van der Waals surface area contributed by atoms with Gasteiger partial charge in [-0.1, -0.05) is 46.3 Å². The van der Waals surface area contributed by atoms with Gasteiger partial charge in [-0.25, -0.2) is 0 Å². The summed E-state index contributed by atoms with van der Waals surface area (Å²) in [5, 5.41) is 12.5. The van der Waals surface area contributed by atoms with E-state index in [0.29, 0.717) is 5.33 Å². The van der Waals surface area contributed by atoms with Gasteiger partial charge < -0.3 is 4.98 Å². The molecule has 100 valence electrons. The van der Waals surface area contributed by atoms with Gasteiger partial charge in [0.2, 0.25) is 0 Å². The van der Waals surface area contributed by atoms with Crippen molar-refractivity contribution in [2.75, 3.05) is 0 Å². The highest BCUT2D eigenvalue weighted by Crippen LogP contribution is 2.35. The van der Waals surface area contributed by atoms with Gasteiger partial charge in [-0.3, -0.25) is 10.1 Å². The van der Waals surface area contributed by atoms with E-state index >= 15 is 0 Å². The van der Waals surface area contributed by atoms with Crippen LogP contribution in [-0.2, 0) is 5.33 Å². The number of H-pyrrole nitrogens is 1. The van der Waals surface area contributed by atoms with Crippen molar-refractivity contribution in [2.45, 2.75) is 5.33 Å². The smallest absolute Gasteiger partial charge is 0.270 e. The molecule has 20 heavy (non-hydrogen) atoms.